The standard InChI is InChI=1S/C120H100N4/c1-119(2,3)103-29-16-21-81(71-103)37-41-85-65-86(42-38-82-22-17-30-104(72-82)120(4,5)6)68-101(67-85)106-32-11-10-31-105(106)92-53-55-95(56-54-92)117-76-100(61-64-123-117)99-58-60-112-114(75-99)110-36-15-14-35-109(110)111-59-57-98(74-115(111)112)97-28-18-27-96(73-97)91-47-45-89(46-48-91)90-49-51-93(52-50-90)113-77-118(94-25-8-7-9-26-94)124-80-116(113)108-34-13-12-33-107(108)102-69-87(43-39-83-23-19-62-121-78-83)66-88(70-102)44-40-84-24-20-63-122-79-84/h7-36,45-80H,37-44H2,1-6H3. The molecule has 600 valence electrons. The average Bonchev–Trinajstić information content (AvgIpc) is 0.739. The van der Waals surface area contributed by atoms with Gasteiger partial charge in [0.2, 0.25) is 0 Å². The van der Waals surface area contributed by atoms with Crippen molar-refractivity contribution in [3.63, 3.8) is 0 Å². The first kappa shape index (κ1) is 79.5. The molecule has 0 aliphatic rings. The molecule has 0 radical (unpaired) electrons. The van der Waals surface area contributed by atoms with E-state index in [0.717, 1.165) is 118 Å². The van der Waals surface area contributed by atoms with Gasteiger partial charge in [-0.2, -0.15) is 0 Å². The summed E-state index contributed by atoms with van der Waals surface area (Å²) < 4.78 is 0. The predicted molar refractivity (Wildman–Crippen MR) is 523 cm³/mol. The maximum Gasteiger partial charge on any atom is 0.0708 e. The van der Waals surface area contributed by atoms with E-state index in [-0.39, 0.29) is 10.8 Å². The van der Waals surface area contributed by atoms with Crippen molar-refractivity contribution in [1.82, 2.24) is 19.9 Å². The molecule has 0 amide bonds. The van der Waals surface area contributed by atoms with Crippen LogP contribution in [0.25, 0.3) is 155 Å². The summed E-state index contributed by atoms with van der Waals surface area (Å²) in [6.07, 6.45) is 19.3. The Labute approximate surface area is 730 Å². The van der Waals surface area contributed by atoms with E-state index in [1.165, 1.54) is 144 Å². The van der Waals surface area contributed by atoms with Crippen molar-refractivity contribution < 1.29 is 0 Å². The quantitative estimate of drug-likeness (QED) is 0.0599. The first-order valence-electron chi connectivity index (χ1n) is 43.9. The van der Waals surface area contributed by atoms with E-state index in [9.17, 15) is 0 Å². The Kier molecular flexibility index (Phi) is 22.4. The van der Waals surface area contributed by atoms with Crippen LogP contribution >= 0.6 is 0 Å². The molecule has 0 unspecified atom stereocenters. The molecule has 0 saturated heterocycles. The van der Waals surface area contributed by atoms with Gasteiger partial charge in [-0.15, -0.1) is 0 Å². The van der Waals surface area contributed by atoms with Crippen LogP contribution in [0.5, 0.6) is 0 Å². The van der Waals surface area contributed by atoms with Crippen molar-refractivity contribution in [2.45, 2.75) is 104 Å². The van der Waals surface area contributed by atoms with E-state index in [1.807, 2.05) is 43.1 Å². The van der Waals surface area contributed by atoms with Gasteiger partial charge in [-0.1, -0.05) is 357 Å². The van der Waals surface area contributed by atoms with Gasteiger partial charge < -0.3 is 0 Å². The lowest BCUT2D eigenvalue weighted by Crippen LogP contribution is -2.11. The summed E-state index contributed by atoms with van der Waals surface area (Å²) in [4.78, 5) is 19.1. The molecule has 4 heteroatoms. The van der Waals surface area contributed by atoms with Gasteiger partial charge in [-0.05, 0) is 293 Å². The first-order chi connectivity index (χ1) is 60.6. The molecule has 0 saturated carbocycles. The average molecular weight is 1600 g/mol. The van der Waals surface area contributed by atoms with Crippen LogP contribution < -0.4 is 0 Å². The normalized spacial score (nSPS) is 11.7. The third kappa shape index (κ3) is 17.6. The summed E-state index contributed by atoms with van der Waals surface area (Å²) in [5, 5.41) is 7.42. The van der Waals surface area contributed by atoms with Gasteiger partial charge in [-0.25, -0.2) is 0 Å². The number of hydrogen-bond acceptors (Lipinski definition) is 4. The van der Waals surface area contributed by atoms with Crippen molar-refractivity contribution in [3.05, 3.63) is 457 Å². The molecule has 4 nitrogen and oxygen atoms in total. The summed E-state index contributed by atoms with van der Waals surface area (Å²) >= 11 is 0. The molecule has 0 atom stereocenters. The molecule has 0 N–H and O–H groups in total. The minimum atomic E-state index is 0.0986. The highest BCUT2D eigenvalue weighted by Gasteiger charge is 2.22. The smallest absolute Gasteiger partial charge is 0.0708 e. The summed E-state index contributed by atoms with van der Waals surface area (Å²) in [5.74, 6) is 0. The fourth-order valence-corrected chi connectivity index (χ4v) is 18.2. The molecule has 4 heterocycles. The Hall–Kier alpha value is -14.3. The van der Waals surface area contributed by atoms with Crippen molar-refractivity contribution in [1.29, 1.82) is 0 Å². The summed E-state index contributed by atoms with van der Waals surface area (Å²) in [6, 6.07) is 136. The zero-order valence-electron chi connectivity index (χ0n) is 71.6. The molecule has 4 aromatic heterocycles. The van der Waals surface area contributed by atoms with Crippen LogP contribution in [-0.4, -0.2) is 19.9 Å². The second-order valence-electron chi connectivity index (χ2n) is 35.6. The Morgan fingerprint density at radius 1 is 0.177 bits per heavy atom. The largest absolute Gasteiger partial charge is 0.264 e. The number of hydrogen-bond donors (Lipinski definition) is 0. The molecular weight excluding hydrogens is 1500 g/mol. The number of rotatable bonds is 23. The molecule has 19 aromatic rings. The van der Waals surface area contributed by atoms with Gasteiger partial charge in [0.05, 0.1) is 11.4 Å². The van der Waals surface area contributed by atoms with Crippen molar-refractivity contribution >= 4 is 32.3 Å². The molecule has 0 spiro atoms. The summed E-state index contributed by atoms with van der Waals surface area (Å²) in [7, 11) is 0. The van der Waals surface area contributed by atoms with Gasteiger partial charge in [0.25, 0.3) is 0 Å². The number of aromatic nitrogens is 4. The fraction of sp³-hybridized carbons (Fsp3) is 0.133. The lowest BCUT2D eigenvalue weighted by atomic mass is 9.85. The van der Waals surface area contributed by atoms with Crippen molar-refractivity contribution in [3.8, 4) is 123 Å². The molecule has 0 aliphatic carbocycles. The Morgan fingerprint density at radius 3 is 1.05 bits per heavy atom. The van der Waals surface area contributed by atoms with E-state index < -0.39 is 0 Å². The monoisotopic (exact) mass is 1600 g/mol. The van der Waals surface area contributed by atoms with E-state index >= 15 is 0 Å². The van der Waals surface area contributed by atoms with E-state index in [0.29, 0.717) is 0 Å². The van der Waals surface area contributed by atoms with Crippen LogP contribution in [-0.2, 0) is 62.2 Å². The molecule has 19 rings (SSSR count). The lowest BCUT2D eigenvalue weighted by molar-refractivity contribution is 0.589. The fourth-order valence-electron chi connectivity index (χ4n) is 18.2. The third-order valence-corrected chi connectivity index (χ3v) is 25.1. The van der Waals surface area contributed by atoms with Gasteiger partial charge in [0.1, 0.15) is 0 Å². The van der Waals surface area contributed by atoms with Gasteiger partial charge in [0.15, 0.2) is 0 Å². The molecule has 124 heavy (non-hydrogen) atoms. The Morgan fingerprint density at radius 2 is 0.532 bits per heavy atom. The molecular formula is C120H100N4. The third-order valence-electron chi connectivity index (χ3n) is 25.1. The number of fused-ring (bicyclic) bond motifs is 6. The van der Waals surface area contributed by atoms with E-state index in [4.69, 9.17) is 9.97 Å². The zero-order chi connectivity index (χ0) is 84.1. The summed E-state index contributed by atoms with van der Waals surface area (Å²) in [5.41, 5.74) is 38.6. The van der Waals surface area contributed by atoms with Crippen LogP contribution in [0, 0.1) is 0 Å². The minimum Gasteiger partial charge on any atom is -0.264 e. The topological polar surface area (TPSA) is 51.6 Å². The van der Waals surface area contributed by atoms with Crippen molar-refractivity contribution in [2.24, 2.45) is 0 Å². The highest BCUT2D eigenvalue weighted by Crippen LogP contribution is 2.45. The summed E-state index contributed by atoms with van der Waals surface area (Å²) in [6.45, 7) is 13.8. The number of pyridine rings is 4. The van der Waals surface area contributed by atoms with Crippen LogP contribution in [0.4, 0.5) is 0 Å². The highest BCUT2D eigenvalue weighted by atomic mass is 14.7. The zero-order valence-corrected chi connectivity index (χ0v) is 71.6. The van der Waals surface area contributed by atoms with Crippen LogP contribution in [0.15, 0.2) is 401 Å². The van der Waals surface area contributed by atoms with Gasteiger partial charge in [0, 0.05) is 53.9 Å². The molecule has 15 aromatic carbocycles. The number of aryl methyl sites for hydroxylation is 8. The molecule has 0 aliphatic heterocycles. The lowest BCUT2D eigenvalue weighted by Gasteiger charge is -2.20. The maximum atomic E-state index is 5.20. The Balaban J connectivity index is 0.577. The van der Waals surface area contributed by atoms with Gasteiger partial charge in [-0.3, -0.25) is 19.9 Å². The van der Waals surface area contributed by atoms with Gasteiger partial charge >= 0.3 is 0 Å². The predicted octanol–water partition coefficient (Wildman–Crippen LogP) is 30.8. The van der Waals surface area contributed by atoms with Crippen LogP contribution in [0.1, 0.15) is 97.2 Å². The van der Waals surface area contributed by atoms with Crippen molar-refractivity contribution in [2.75, 3.05) is 0 Å². The Bertz CT molecular complexity index is 6930. The number of benzene rings is 15. The van der Waals surface area contributed by atoms with Crippen LogP contribution in [0.2, 0.25) is 0 Å². The second kappa shape index (κ2) is 35.0. The van der Waals surface area contributed by atoms with Crippen LogP contribution in [0.3, 0.4) is 0 Å². The minimum absolute atomic E-state index is 0.0986. The maximum absolute atomic E-state index is 5.20. The highest BCUT2D eigenvalue weighted by molar-refractivity contribution is 6.26. The second-order valence-corrected chi connectivity index (χ2v) is 35.6. The first-order valence-corrected chi connectivity index (χ1v) is 43.9. The molecule has 0 fully saturated rings. The SMILES string of the molecule is CC(C)(C)c1cccc(CCc2cc(CCc3cccc(C(C)(C)C)c3)cc(-c3ccccc3-c3ccc(-c4cc(-c5ccc6c7cc(-c8cccc(-c9ccc(-c%10ccc(-c%11cc(-c%12ccccc%12)ncc%11-c%11ccccc%11-c%11cc(CCc%12cccnc%12)cc(CCc%12cccnc%12)c%11)cc%10)cc9)c8)ccc7c7ccccc7c6c5)ccn4)cc3)c2)c1. The van der Waals surface area contributed by atoms with E-state index in [2.05, 4.69) is 410 Å². The molecule has 0 bridgehead atoms. The van der Waals surface area contributed by atoms with E-state index in [1.54, 1.807) is 0 Å². The number of nitrogens with zero attached hydrogens (tertiary/aromatic N) is 4.